The number of aromatic nitrogens is 3. The molecule has 1 N–H and O–H groups in total. The molecule has 0 spiro atoms. The van der Waals surface area contributed by atoms with E-state index in [-0.39, 0.29) is 11.8 Å². The number of amides is 1. The Morgan fingerprint density at radius 3 is 2.79 bits per heavy atom. The molecule has 0 aliphatic carbocycles. The fourth-order valence-corrected chi connectivity index (χ4v) is 3.30. The van der Waals surface area contributed by atoms with E-state index in [1.807, 2.05) is 66.1 Å². The zero-order chi connectivity index (χ0) is 19.5. The smallest absolute Gasteiger partial charge is 0.227 e. The molecule has 2 aromatic heterocycles. The van der Waals surface area contributed by atoms with Crippen molar-refractivity contribution in [1.29, 1.82) is 0 Å². The van der Waals surface area contributed by atoms with Crippen molar-refractivity contribution in [2.45, 2.75) is 19.3 Å². The van der Waals surface area contributed by atoms with Gasteiger partial charge in [-0.2, -0.15) is 0 Å². The van der Waals surface area contributed by atoms with Crippen LogP contribution in [0.5, 0.6) is 5.75 Å². The van der Waals surface area contributed by atoms with Crippen LogP contribution in [0, 0.1) is 0 Å². The van der Waals surface area contributed by atoms with E-state index in [9.17, 15) is 4.79 Å². The van der Waals surface area contributed by atoms with Gasteiger partial charge in [0.05, 0.1) is 13.0 Å². The SMILES string of the molecule is COc1ccc2cc(C(C)C(=O)NCCc3nnc4ccccn34)ccc2c1. The van der Waals surface area contributed by atoms with E-state index in [1.165, 1.54) is 0 Å². The second kappa shape index (κ2) is 7.68. The molecule has 0 saturated heterocycles. The van der Waals surface area contributed by atoms with Crippen LogP contribution < -0.4 is 10.1 Å². The summed E-state index contributed by atoms with van der Waals surface area (Å²) in [4.78, 5) is 12.6. The van der Waals surface area contributed by atoms with E-state index in [0.717, 1.165) is 33.6 Å². The highest BCUT2D eigenvalue weighted by Gasteiger charge is 2.16. The number of carbonyl (C=O) groups excluding carboxylic acids is 1. The third-order valence-corrected chi connectivity index (χ3v) is 5.00. The van der Waals surface area contributed by atoms with Crippen LogP contribution in [0.15, 0.2) is 60.8 Å². The summed E-state index contributed by atoms with van der Waals surface area (Å²) in [7, 11) is 1.66. The normalized spacial score (nSPS) is 12.2. The average Bonchev–Trinajstić information content (AvgIpc) is 3.15. The lowest BCUT2D eigenvalue weighted by Gasteiger charge is -2.13. The molecule has 0 aliphatic heterocycles. The van der Waals surface area contributed by atoms with E-state index in [0.29, 0.717) is 13.0 Å². The van der Waals surface area contributed by atoms with E-state index >= 15 is 0 Å². The molecule has 28 heavy (non-hydrogen) atoms. The Hall–Kier alpha value is -3.41. The first-order valence-corrected chi connectivity index (χ1v) is 9.30. The maximum atomic E-state index is 12.6. The van der Waals surface area contributed by atoms with Gasteiger partial charge in [-0.1, -0.05) is 30.3 Å². The van der Waals surface area contributed by atoms with E-state index in [4.69, 9.17) is 4.74 Å². The van der Waals surface area contributed by atoms with Gasteiger partial charge in [0, 0.05) is 19.2 Å². The van der Waals surface area contributed by atoms with Crippen LogP contribution in [-0.2, 0) is 11.2 Å². The molecule has 6 heteroatoms. The average molecular weight is 374 g/mol. The first-order chi connectivity index (χ1) is 13.7. The van der Waals surface area contributed by atoms with Gasteiger partial charge in [0.25, 0.3) is 0 Å². The van der Waals surface area contributed by atoms with E-state index in [2.05, 4.69) is 21.6 Å². The molecule has 0 saturated carbocycles. The van der Waals surface area contributed by atoms with Crippen molar-refractivity contribution < 1.29 is 9.53 Å². The van der Waals surface area contributed by atoms with E-state index in [1.54, 1.807) is 7.11 Å². The number of fused-ring (bicyclic) bond motifs is 2. The molecule has 6 nitrogen and oxygen atoms in total. The minimum atomic E-state index is -0.235. The van der Waals surface area contributed by atoms with Crippen LogP contribution in [0.25, 0.3) is 16.4 Å². The topological polar surface area (TPSA) is 68.5 Å². The predicted octanol–water partition coefficient (Wildman–Crippen LogP) is 3.35. The zero-order valence-electron chi connectivity index (χ0n) is 15.9. The van der Waals surface area contributed by atoms with Gasteiger partial charge in [0.2, 0.25) is 5.91 Å². The standard InChI is InChI=1S/C22H22N4O2/c1-15(16-6-7-18-14-19(28-2)9-8-17(18)13-16)22(27)23-11-10-21-25-24-20-5-3-4-12-26(20)21/h3-9,12-15H,10-11H2,1-2H3,(H,23,27). The summed E-state index contributed by atoms with van der Waals surface area (Å²) in [5, 5.41) is 13.5. The van der Waals surface area contributed by atoms with Crippen LogP contribution in [0.1, 0.15) is 24.2 Å². The monoisotopic (exact) mass is 374 g/mol. The minimum absolute atomic E-state index is 0.00156. The number of nitrogens with one attached hydrogen (secondary N) is 1. The number of methoxy groups -OCH3 is 1. The third-order valence-electron chi connectivity index (χ3n) is 5.00. The van der Waals surface area contributed by atoms with Gasteiger partial charge < -0.3 is 10.1 Å². The molecule has 1 atom stereocenters. The van der Waals surface area contributed by atoms with Crippen LogP contribution >= 0.6 is 0 Å². The van der Waals surface area contributed by atoms with Crippen molar-refractivity contribution in [3.8, 4) is 5.75 Å². The molecule has 1 amide bonds. The molecule has 0 radical (unpaired) electrons. The van der Waals surface area contributed by atoms with Crippen molar-refractivity contribution in [3.63, 3.8) is 0 Å². The Labute approximate surface area is 163 Å². The predicted molar refractivity (Wildman–Crippen MR) is 109 cm³/mol. The van der Waals surface area contributed by atoms with Crippen molar-refractivity contribution in [3.05, 3.63) is 72.2 Å². The number of nitrogens with zero attached hydrogens (tertiary/aromatic N) is 3. The molecular weight excluding hydrogens is 352 g/mol. The van der Waals surface area contributed by atoms with Crippen LogP contribution in [0.4, 0.5) is 0 Å². The van der Waals surface area contributed by atoms with Crippen LogP contribution in [-0.4, -0.2) is 34.2 Å². The lowest BCUT2D eigenvalue weighted by Crippen LogP contribution is -2.30. The zero-order valence-corrected chi connectivity index (χ0v) is 15.9. The number of carbonyl (C=O) groups is 1. The van der Waals surface area contributed by atoms with Crippen molar-refractivity contribution in [2.75, 3.05) is 13.7 Å². The van der Waals surface area contributed by atoms with Crippen LogP contribution in [0.2, 0.25) is 0 Å². The first kappa shape index (κ1) is 18.0. The minimum Gasteiger partial charge on any atom is -0.497 e. The molecule has 0 fully saturated rings. The highest BCUT2D eigenvalue weighted by atomic mass is 16.5. The first-order valence-electron chi connectivity index (χ1n) is 9.30. The Bertz CT molecular complexity index is 1140. The lowest BCUT2D eigenvalue weighted by molar-refractivity contribution is -0.122. The van der Waals surface area contributed by atoms with E-state index < -0.39 is 0 Å². The van der Waals surface area contributed by atoms with Crippen molar-refractivity contribution >= 4 is 22.3 Å². The molecular formula is C22H22N4O2. The second-order valence-corrected chi connectivity index (χ2v) is 6.78. The third kappa shape index (κ3) is 3.53. The van der Waals surface area contributed by atoms with Gasteiger partial charge in [0.1, 0.15) is 11.6 Å². The molecule has 142 valence electrons. The van der Waals surface area contributed by atoms with Gasteiger partial charge in [0.15, 0.2) is 5.65 Å². The van der Waals surface area contributed by atoms with Gasteiger partial charge in [-0.25, -0.2) is 0 Å². The van der Waals surface area contributed by atoms with Crippen molar-refractivity contribution in [2.24, 2.45) is 0 Å². The number of pyridine rings is 1. The Kier molecular flexibility index (Phi) is 4.93. The number of hydrogen-bond donors (Lipinski definition) is 1. The highest BCUT2D eigenvalue weighted by Crippen LogP contribution is 2.25. The summed E-state index contributed by atoms with van der Waals surface area (Å²) >= 11 is 0. The van der Waals surface area contributed by atoms with Gasteiger partial charge in [-0.15, -0.1) is 10.2 Å². The molecule has 0 bridgehead atoms. The summed E-state index contributed by atoms with van der Waals surface area (Å²) in [6.45, 7) is 2.44. The Balaban J connectivity index is 1.41. The second-order valence-electron chi connectivity index (χ2n) is 6.78. The van der Waals surface area contributed by atoms with Gasteiger partial charge in [-0.05, 0) is 47.5 Å². The largest absolute Gasteiger partial charge is 0.497 e. The number of rotatable bonds is 6. The summed E-state index contributed by atoms with van der Waals surface area (Å²) in [6.07, 6.45) is 2.56. The van der Waals surface area contributed by atoms with Gasteiger partial charge >= 0.3 is 0 Å². The highest BCUT2D eigenvalue weighted by molar-refractivity contribution is 5.88. The summed E-state index contributed by atoms with van der Waals surface area (Å²) in [6, 6.07) is 17.8. The van der Waals surface area contributed by atoms with Crippen LogP contribution in [0.3, 0.4) is 0 Å². The summed E-state index contributed by atoms with van der Waals surface area (Å²) < 4.78 is 7.20. The fourth-order valence-electron chi connectivity index (χ4n) is 3.30. The maximum Gasteiger partial charge on any atom is 0.227 e. The van der Waals surface area contributed by atoms with Crippen molar-refractivity contribution in [1.82, 2.24) is 19.9 Å². The quantitative estimate of drug-likeness (QED) is 0.562. The molecule has 4 aromatic rings. The number of hydrogen-bond acceptors (Lipinski definition) is 4. The number of ether oxygens (including phenoxy) is 1. The molecule has 2 aromatic carbocycles. The molecule has 0 aliphatic rings. The Morgan fingerprint density at radius 2 is 1.93 bits per heavy atom. The molecule has 4 rings (SSSR count). The Morgan fingerprint density at radius 1 is 1.11 bits per heavy atom. The lowest BCUT2D eigenvalue weighted by atomic mass is 9.97. The fraction of sp³-hybridized carbons (Fsp3) is 0.227. The van der Waals surface area contributed by atoms with Gasteiger partial charge in [-0.3, -0.25) is 9.20 Å². The molecule has 1 unspecified atom stereocenters. The number of benzene rings is 2. The summed E-state index contributed by atoms with van der Waals surface area (Å²) in [5.74, 6) is 1.43. The summed E-state index contributed by atoms with van der Waals surface area (Å²) in [5.41, 5.74) is 1.80. The molecule has 2 heterocycles. The maximum absolute atomic E-state index is 12.6.